The van der Waals surface area contributed by atoms with Crippen LogP contribution in [0.1, 0.15) is 43.1 Å². The third-order valence-corrected chi connectivity index (χ3v) is 20.3. The van der Waals surface area contributed by atoms with Gasteiger partial charge in [-0.25, -0.2) is 0 Å². The summed E-state index contributed by atoms with van der Waals surface area (Å²) in [5.41, 5.74) is 19.0. The molecule has 3 aliphatic rings. The summed E-state index contributed by atoms with van der Waals surface area (Å²) in [4.78, 5) is 10.5. The van der Waals surface area contributed by atoms with Crippen LogP contribution >= 0.6 is 46.2 Å². The molecule has 0 radical (unpaired) electrons. The molecular formula is C70H44S4. The van der Waals surface area contributed by atoms with Crippen LogP contribution in [0.4, 0.5) is 0 Å². The lowest BCUT2D eigenvalue weighted by Crippen LogP contribution is -2.45. The van der Waals surface area contributed by atoms with E-state index in [1.54, 1.807) is 0 Å². The monoisotopic (exact) mass is 1010 g/mol. The molecule has 2 aromatic heterocycles. The Morgan fingerprint density at radius 1 is 0.203 bits per heavy atom. The Kier molecular flexibility index (Phi) is 10.4. The van der Waals surface area contributed by atoms with Crippen molar-refractivity contribution in [2.45, 2.75) is 30.4 Å². The van der Waals surface area contributed by atoms with Crippen molar-refractivity contribution in [3.05, 3.63) is 310 Å². The van der Waals surface area contributed by atoms with Crippen molar-refractivity contribution >= 4 is 46.2 Å². The maximum atomic E-state index is 2.63. The van der Waals surface area contributed by atoms with Crippen LogP contribution in [0.2, 0.25) is 0 Å². The second-order valence-corrected chi connectivity index (χ2v) is 23.7. The SMILES string of the molecule is c1ccc(-c2cc(-c3ccccc3)cc(-c3cc4c(s3)C3(c5ccccc5Sc5ccccc53)c3cc(-c5cc(-c6ccccc6)cc(-c6ccccc6)c5)sc3C43c4ccccc4Sc4ccccc43)c2)cc1. The van der Waals surface area contributed by atoms with Crippen molar-refractivity contribution in [1.82, 2.24) is 0 Å². The van der Waals surface area contributed by atoms with Gasteiger partial charge in [-0.05, 0) is 162 Å². The van der Waals surface area contributed by atoms with E-state index in [1.807, 2.05) is 46.2 Å². The molecule has 0 N–H and O–H groups in total. The first-order valence-corrected chi connectivity index (χ1v) is 28.5. The standard InChI is InChI=1S/C70H44S4/c1-5-21-45(22-6-1)49-37-50(46-23-7-2-8-24-46)40-53(39-49)65-43-59-67(73-65)70(57-31-15-19-35-63(57)72-64-36-20-16-32-58(64)70)60-44-66(54-41-51(47-25-9-3-10-26-47)38-52(42-54)48-27-11-4-12-28-48)74-68(60)69(59)55-29-13-17-33-61(55)71-62-34-18-14-30-56(62)69/h1-44H. The summed E-state index contributed by atoms with van der Waals surface area (Å²) >= 11 is 7.83. The van der Waals surface area contributed by atoms with Gasteiger partial charge in [0.05, 0.1) is 10.8 Å². The Labute approximate surface area is 448 Å². The predicted molar refractivity (Wildman–Crippen MR) is 313 cm³/mol. The van der Waals surface area contributed by atoms with Crippen molar-refractivity contribution < 1.29 is 0 Å². The highest BCUT2D eigenvalue weighted by Gasteiger charge is 2.60. The average Bonchev–Trinajstić information content (AvgIpc) is 4.19. The van der Waals surface area contributed by atoms with E-state index in [0.717, 1.165) is 0 Å². The molecule has 0 unspecified atom stereocenters. The Bertz CT molecular complexity index is 3610. The third kappa shape index (κ3) is 6.69. The Hall–Kier alpha value is -7.70. The fourth-order valence-corrected chi connectivity index (χ4v) is 17.5. The van der Waals surface area contributed by atoms with Crippen molar-refractivity contribution in [2.75, 3.05) is 0 Å². The third-order valence-electron chi connectivity index (χ3n) is 15.4. The molecule has 4 heteroatoms. The van der Waals surface area contributed by atoms with Gasteiger partial charge in [0, 0.05) is 39.1 Å². The minimum absolute atomic E-state index is 0.640. The summed E-state index contributed by atoms with van der Waals surface area (Å²) in [6, 6.07) is 101. The molecule has 0 amide bonds. The van der Waals surface area contributed by atoms with Gasteiger partial charge >= 0.3 is 0 Å². The summed E-state index contributed by atoms with van der Waals surface area (Å²) in [5.74, 6) is 0. The quantitative estimate of drug-likeness (QED) is 0.163. The first-order chi connectivity index (χ1) is 36.6. The normalized spacial score (nSPS) is 14.1. The second-order valence-electron chi connectivity index (χ2n) is 19.5. The van der Waals surface area contributed by atoms with E-state index in [2.05, 4.69) is 267 Å². The maximum Gasteiger partial charge on any atom is 0.0831 e. The van der Waals surface area contributed by atoms with Crippen LogP contribution in [0.5, 0.6) is 0 Å². The molecule has 0 saturated heterocycles. The van der Waals surface area contributed by atoms with E-state index >= 15 is 0 Å². The number of thiophene rings is 2. The van der Waals surface area contributed by atoms with Gasteiger partial charge in [0.1, 0.15) is 0 Å². The van der Waals surface area contributed by atoms with Crippen molar-refractivity contribution in [3.63, 3.8) is 0 Å². The van der Waals surface area contributed by atoms with Gasteiger partial charge in [-0.3, -0.25) is 0 Å². The van der Waals surface area contributed by atoms with Crippen LogP contribution < -0.4 is 0 Å². The lowest BCUT2D eigenvalue weighted by Gasteiger charge is -2.51. The smallest absolute Gasteiger partial charge is 0.0831 e. The van der Waals surface area contributed by atoms with Crippen molar-refractivity contribution in [3.8, 4) is 65.4 Å². The molecule has 1 aliphatic carbocycles. The molecule has 0 nitrogen and oxygen atoms in total. The van der Waals surface area contributed by atoms with Crippen LogP contribution in [0.25, 0.3) is 65.4 Å². The number of fused-ring (bicyclic) bond motifs is 14. The Balaban J connectivity index is 1.09. The summed E-state index contributed by atoms with van der Waals surface area (Å²) in [5, 5.41) is 0. The van der Waals surface area contributed by atoms with Gasteiger partial charge in [-0.15, -0.1) is 22.7 Å². The topological polar surface area (TPSA) is 0 Å². The summed E-state index contributed by atoms with van der Waals surface area (Å²) in [6.45, 7) is 0. The van der Waals surface area contributed by atoms with Crippen molar-refractivity contribution in [2.24, 2.45) is 0 Å². The van der Waals surface area contributed by atoms with E-state index in [1.165, 1.54) is 128 Å². The molecule has 348 valence electrons. The molecule has 74 heavy (non-hydrogen) atoms. The van der Waals surface area contributed by atoms with Gasteiger partial charge in [-0.1, -0.05) is 218 Å². The molecule has 2 spiro atoms. The minimum Gasteiger partial charge on any atom is -0.138 e. The largest absolute Gasteiger partial charge is 0.138 e. The molecule has 12 aromatic rings. The highest BCUT2D eigenvalue weighted by atomic mass is 32.2. The van der Waals surface area contributed by atoms with Crippen LogP contribution in [0.15, 0.2) is 287 Å². The molecule has 0 bridgehead atoms. The number of hydrogen-bond donors (Lipinski definition) is 0. The zero-order valence-electron chi connectivity index (χ0n) is 40.0. The van der Waals surface area contributed by atoms with E-state index < -0.39 is 10.8 Å². The van der Waals surface area contributed by atoms with Gasteiger partial charge < -0.3 is 0 Å². The van der Waals surface area contributed by atoms with Gasteiger partial charge in [0.15, 0.2) is 0 Å². The zero-order chi connectivity index (χ0) is 48.8. The summed E-state index contributed by atoms with van der Waals surface area (Å²) < 4.78 is 0. The van der Waals surface area contributed by atoms with Crippen LogP contribution in [-0.2, 0) is 10.8 Å². The molecule has 0 saturated carbocycles. The van der Waals surface area contributed by atoms with Gasteiger partial charge in [0.25, 0.3) is 0 Å². The number of benzene rings is 10. The fraction of sp³-hybridized carbons (Fsp3) is 0.0286. The van der Waals surface area contributed by atoms with Gasteiger partial charge in [-0.2, -0.15) is 0 Å². The summed E-state index contributed by atoms with van der Waals surface area (Å²) in [7, 11) is 0. The van der Waals surface area contributed by atoms with Crippen LogP contribution in [0.3, 0.4) is 0 Å². The number of rotatable bonds is 6. The van der Waals surface area contributed by atoms with E-state index in [9.17, 15) is 0 Å². The Morgan fingerprint density at radius 3 is 0.730 bits per heavy atom. The molecule has 0 atom stereocenters. The molecule has 0 fully saturated rings. The first-order valence-electron chi connectivity index (χ1n) is 25.2. The molecule has 2 aliphatic heterocycles. The average molecular weight is 1010 g/mol. The lowest BCUT2D eigenvalue weighted by molar-refractivity contribution is 0.609. The number of hydrogen-bond acceptors (Lipinski definition) is 4. The van der Waals surface area contributed by atoms with E-state index in [4.69, 9.17) is 0 Å². The second kappa shape index (κ2) is 17.5. The lowest BCUT2D eigenvalue weighted by atomic mass is 9.55. The van der Waals surface area contributed by atoms with Crippen molar-refractivity contribution in [1.29, 1.82) is 0 Å². The Morgan fingerprint density at radius 2 is 0.446 bits per heavy atom. The zero-order valence-corrected chi connectivity index (χ0v) is 43.3. The fourth-order valence-electron chi connectivity index (χ4n) is 12.2. The first kappa shape index (κ1) is 43.8. The molecular weight excluding hydrogens is 969 g/mol. The summed E-state index contributed by atoms with van der Waals surface area (Å²) in [6.07, 6.45) is 0. The van der Waals surface area contributed by atoms with E-state index in [-0.39, 0.29) is 0 Å². The predicted octanol–water partition coefficient (Wildman–Crippen LogP) is 19.8. The van der Waals surface area contributed by atoms with Crippen LogP contribution in [-0.4, -0.2) is 0 Å². The minimum atomic E-state index is -0.640. The van der Waals surface area contributed by atoms with E-state index in [0.29, 0.717) is 0 Å². The molecule has 4 heterocycles. The molecule has 10 aromatic carbocycles. The molecule has 15 rings (SSSR count). The van der Waals surface area contributed by atoms with Gasteiger partial charge in [0.2, 0.25) is 0 Å². The highest BCUT2D eigenvalue weighted by molar-refractivity contribution is 7.99. The highest BCUT2D eigenvalue weighted by Crippen LogP contribution is 2.70. The maximum absolute atomic E-state index is 2.63. The van der Waals surface area contributed by atoms with Crippen LogP contribution in [0, 0.1) is 0 Å².